The third-order valence-electron chi connectivity index (χ3n) is 3.00. The van der Waals surface area contributed by atoms with E-state index in [1.165, 1.54) is 0 Å². The molecule has 0 bridgehead atoms. The van der Waals surface area contributed by atoms with Gasteiger partial charge in [0, 0.05) is 27.3 Å². The number of rotatable bonds is 5. The van der Waals surface area contributed by atoms with E-state index in [1.807, 2.05) is 30.3 Å². The highest BCUT2D eigenvalue weighted by Crippen LogP contribution is 2.14. The quantitative estimate of drug-likeness (QED) is 0.914. The van der Waals surface area contributed by atoms with Crippen LogP contribution in [0.4, 0.5) is 5.69 Å². The Kier molecular flexibility index (Phi) is 5.53. The Morgan fingerprint density at radius 2 is 1.90 bits per heavy atom. The number of anilines is 1. The van der Waals surface area contributed by atoms with Crippen LogP contribution < -0.4 is 5.32 Å². The molecule has 1 N–H and O–H groups in total. The summed E-state index contributed by atoms with van der Waals surface area (Å²) in [6, 6.07) is 16.3. The van der Waals surface area contributed by atoms with Gasteiger partial charge >= 0.3 is 0 Å². The highest BCUT2D eigenvalue weighted by Gasteiger charge is 2.20. The summed E-state index contributed by atoms with van der Waals surface area (Å²) >= 11 is 5.90. The fourth-order valence-corrected chi connectivity index (χ4v) is 3.07. The van der Waals surface area contributed by atoms with Gasteiger partial charge in [-0.1, -0.05) is 41.9 Å². The maximum atomic E-state index is 12.3. The van der Waals surface area contributed by atoms with E-state index in [4.69, 9.17) is 11.6 Å². The summed E-state index contributed by atoms with van der Waals surface area (Å²) in [5.74, 6) is 0.0609. The molecule has 0 spiro atoms. The highest BCUT2D eigenvalue weighted by atomic mass is 35.5. The van der Waals surface area contributed by atoms with Gasteiger partial charge in [0.15, 0.2) is 0 Å². The summed E-state index contributed by atoms with van der Waals surface area (Å²) in [5, 5.41) is 2.77. The van der Waals surface area contributed by atoms with Crippen molar-refractivity contribution in [2.75, 3.05) is 5.32 Å². The molecule has 0 aliphatic heterocycles. The van der Waals surface area contributed by atoms with Crippen molar-refractivity contribution < 1.29 is 9.00 Å². The van der Waals surface area contributed by atoms with Crippen LogP contribution in [0.1, 0.15) is 12.5 Å². The third-order valence-corrected chi connectivity index (χ3v) is 4.86. The average Bonchev–Trinajstić information content (AvgIpc) is 2.47. The van der Waals surface area contributed by atoms with Gasteiger partial charge in [-0.3, -0.25) is 9.00 Å². The molecule has 0 unspecified atom stereocenters. The summed E-state index contributed by atoms with van der Waals surface area (Å²) in [5.41, 5.74) is 1.56. The van der Waals surface area contributed by atoms with Gasteiger partial charge in [0.05, 0.1) is 0 Å². The summed E-state index contributed by atoms with van der Waals surface area (Å²) in [6.07, 6.45) is 0. The predicted octanol–water partition coefficient (Wildman–Crippen LogP) is 3.62. The molecular formula is C16H16ClNO2S. The molecule has 0 aromatic heterocycles. The molecule has 0 saturated carbocycles. The zero-order chi connectivity index (χ0) is 15.2. The fraction of sp³-hybridized carbons (Fsp3) is 0.188. The first-order chi connectivity index (χ1) is 10.1. The Bertz CT molecular complexity index is 646. The van der Waals surface area contributed by atoms with Crippen LogP contribution in [0.25, 0.3) is 0 Å². The number of para-hydroxylation sites is 1. The lowest BCUT2D eigenvalue weighted by molar-refractivity contribution is -0.115. The molecule has 2 rings (SSSR count). The minimum absolute atomic E-state index is 0.249. The van der Waals surface area contributed by atoms with Gasteiger partial charge in [0.25, 0.3) is 0 Å². The minimum atomic E-state index is -1.30. The number of hydrogen-bond donors (Lipinski definition) is 1. The Balaban J connectivity index is 1.97. The number of carbonyl (C=O) groups is 1. The first kappa shape index (κ1) is 15.7. The lowest BCUT2D eigenvalue weighted by Gasteiger charge is -2.12. The van der Waals surface area contributed by atoms with E-state index in [2.05, 4.69) is 5.32 Å². The van der Waals surface area contributed by atoms with Crippen molar-refractivity contribution in [2.24, 2.45) is 0 Å². The zero-order valence-corrected chi connectivity index (χ0v) is 13.2. The van der Waals surface area contributed by atoms with Gasteiger partial charge in [0.1, 0.15) is 5.25 Å². The number of carbonyl (C=O) groups excluding carboxylic acids is 1. The van der Waals surface area contributed by atoms with Crippen LogP contribution in [0, 0.1) is 0 Å². The van der Waals surface area contributed by atoms with Crippen molar-refractivity contribution in [3.63, 3.8) is 0 Å². The van der Waals surface area contributed by atoms with Crippen molar-refractivity contribution in [2.45, 2.75) is 17.9 Å². The van der Waals surface area contributed by atoms with Gasteiger partial charge in [-0.25, -0.2) is 0 Å². The number of nitrogens with one attached hydrogen (secondary N) is 1. The lowest BCUT2D eigenvalue weighted by Crippen LogP contribution is -2.29. The molecule has 21 heavy (non-hydrogen) atoms. The second-order valence-corrected chi connectivity index (χ2v) is 6.85. The van der Waals surface area contributed by atoms with Gasteiger partial charge in [-0.15, -0.1) is 0 Å². The summed E-state index contributed by atoms with van der Waals surface area (Å²) in [4.78, 5) is 12.1. The smallest absolute Gasteiger partial charge is 0.239 e. The van der Waals surface area contributed by atoms with E-state index >= 15 is 0 Å². The molecule has 0 aliphatic rings. The van der Waals surface area contributed by atoms with E-state index in [-0.39, 0.29) is 5.91 Å². The van der Waals surface area contributed by atoms with Crippen molar-refractivity contribution in [1.82, 2.24) is 0 Å². The molecule has 5 heteroatoms. The summed E-state index contributed by atoms with van der Waals surface area (Å²) in [6.45, 7) is 1.67. The molecule has 0 saturated heterocycles. The Labute approximate surface area is 131 Å². The largest absolute Gasteiger partial charge is 0.325 e. The first-order valence-electron chi connectivity index (χ1n) is 6.54. The molecule has 2 aromatic carbocycles. The van der Waals surface area contributed by atoms with Crippen molar-refractivity contribution >= 4 is 34.0 Å². The molecule has 110 valence electrons. The van der Waals surface area contributed by atoms with Crippen LogP contribution in [0.2, 0.25) is 5.02 Å². The molecular weight excluding hydrogens is 306 g/mol. The van der Waals surface area contributed by atoms with Crippen LogP contribution in [0.15, 0.2) is 54.6 Å². The van der Waals surface area contributed by atoms with Crippen LogP contribution >= 0.6 is 11.6 Å². The van der Waals surface area contributed by atoms with Crippen LogP contribution in [0.5, 0.6) is 0 Å². The summed E-state index contributed by atoms with van der Waals surface area (Å²) in [7, 11) is -1.30. The molecule has 0 heterocycles. The Morgan fingerprint density at radius 1 is 1.19 bits per heavy atom. The monoisotopic (exact) mass is 321 g/mol. The van der Waals surface area contributed by atoms with Crippen molar-refractivity contribution in [1.29, 1.82) is 0 Å². The number of hydrogen-bond acceptors (Lipinski definition) is 2. The molecule has 2 atom stereocenters. The van der Waals surface area contributed by atoms with Gasteiger partial charge in [0.2, 0.25) is 5.91 Å². The average molecular weight is 322 g/mol. The van der Waals surface area contributed by atoms with E-state index in [9.17, 15) is 9.00 Å². The topological polar surface area (TPSA) is 46.2 Å². The second kappa shape index (κ2) is 7.38. The maximum absolute atomic E-state index is 12.3. The predicted molar refractivity (Wildman–Crippen MR) is 87.8 cm³/mol. The lowest BCUT2D eigenvalue weighted by atomic mass is 10.2. The fourth-order valence-electron chi connectivity index (χ4n) is 1.80. The van der Waals surface area contributed by atoms with Gasteiger partial charge in [-0.05, 0) is 36.8 Å². The van der Waals surface area contributed by atoms with E-state index in [0.29, 0.717) is 16.5 Å². The van der Waals surface area contributed by atoms with E-state index < -0.39 is 16.0 Å². The van der Waals surface area contributed by atoms with Crippen LogP contribution in [-0.2, 0) is 21.3 Å². The highest BCUT2D eigenvalue weighted by molar-refractivity contribution is 7.85. The van der Waals surface area contributed by atoms with Crippen LogP contribution in [0.3, 0.4) is 0 Å². The number of halogens is 1. The standard InChI is InChI=1S/C16H16ClNO2S/c1-12(16(19)18-15-8-3-2-4-9-15)21(20)11-13-6-5-7-14(17)10-13/h2-10,12H,11H2,1H3,(H,18,19)/t12-,21-/m0/s1. The molecule has 0 radical (unpaired) electrons. The van der Waals surface area contributed by atoms with Gasteiger partial charge < -0.3 is 5.32 Å². The van der Waals surface area contributed by atoms with E-state index in [0.717, 1.165) is 5.56 Å². The molecule has 2 aromatic rings. The van der Waals surface area contributed by atoms with Crippen molar-refractivity contribution in [3.8, 4) is 0 Å². The number of amides is 1. The van der Waals surface area contributed by atoms with Crippen LogP contribution in [-0.4, -0.2) is 15.4 Å². The SMILES string of the molecule is C[C@@H](C(=O)Nc1ccccc1)[S@@](=O)Cc1cccc(Cl)c1. The Hall–Kier alpha value is -1.65. The molecule has 3 nitrogen and oxygen atoms in total. The third kappa shape index (κ3) is 4.69. The number of benzene rings is 2. The molecule has 0 aliphatic carbocycles. The van der Waals surface area contributed by atoms with Gasteiger partial charge in [-0.2, -0.15) is 0 Å². The zero-order valence-electron chi connectivity index (χ0n) is 11.6. The van der Waals surface area contributed by atoms with Crippen molar-refractivity contribution in [3.05, 3.63) is 65.2 Å². The minimum Gasteiger partial charge on any atom is -0.325 e. The normalized spacial score (nSPS) is 13.4. The summed E-state index contributed by atoms with van der Waals surface area (Å²) < 4.78 is 12.3. The second-order valence-electron chi connectivity index (χ2n) is 4.65. The molecule has 1 amide bonds. The maximum Gasteiger partial charge on any atom is 0.239 e. The Morgan fingerprint density at radius 3 is 2.57 bits per heavy atom. The first-order valence-corrected chi connectivity index (χ1v) is 8.30. The van der Waals surface area contributed by atoms with E-state index in [1.54, 1.807) is 31.2 Å². The molecule has 0 fully saturated rings.